The fraction of sp³-hybridized carbons (Fsp3) is 0.267. The van der Waals surface area contributed by atoms with Gasteiger partial charge in [-0.15, -0.1) is 0 Å². The number of nitrogens with one attached hydrogen (secondary N) is 1. The lowest BCUT2D eigenvalue weighted by Gasteiger charge is -2.18. The Morgan fingerprint density at radius 2 is 1.44 bits per heavy atom. The van der Waals surface area contributed by atoms with E-state index in [0.717, 1.165) is 14.7 Å². The van der Waals surface area contributed by atoms with Crippen molar-refractivity contribution in [1.82, 2.24) is 8.61 Å². The van der Waals surface area contributed by atoms with Gasteiger partial charge in [-0.05, 0) is 12.1 Å². The van der Waals surface area contributed by atoms with Gasteiger partial charge in [0.25, 0.3) is 5.91 Å². The Hall–Kier alpha value is -2.01. The van der Waals surface area contributed by atoms with Crippen LogP contribution < -0.4 is 5.32 Å². The van der Waals surface area contributed by atoms with Gasteiger partial charge in [0, 0.05) is 44.5 Å². The second-order valence-electron chi connectivity index (χ2n) is 6.00. The SMILES string of the molecule is CN(C)S(=O)(=O)c1cc(S(=O)(=O)N(C)C)c2cccc3c2c1NC3=O. The van der Waals surface area contributed by atoms with Gasteiger partial charge in [0.15, 0.2) is 0 Å². The van der Waals surface area contributed by atoms with Gasteiger partial charge in [0.2, 0.25) is 20.0 Å². The quantitative estimate of drug-likeness (QED) is 0.845. The minimum atomic E-state index is -3.97. The third-order valence-electron chi connectivity index (χ3n) is 4.09. The topological polar surface area (TPSA) is 104 Å². The van der Waals surface area contributed by atoms with Crippen LogP contribution in [-0.2, 0) is 20.0 Å². The summed E-state index contributed by atoms with van der Waals surface area (Å²) in [5, 5.41) is 3.16. The van der Waals surface area contributed by atoms with E-state index in [2.05, 4.69) is 5.32 Å². The molecule has 2 aromatic rings. The fourth-order valence-electron chi connectivity index (χ4n) is 2.72. The summed E-state index contributed by atoms with van der Waals surface area (Å²) >= 11 is 0. The van der Waals surface area contributed by atoms with Gasteiger partial charge in [0.1, 0.15) is 4.90 Å². The van der Waals surface area contributed by atoms with Crippen LogP contribution in [0.3, 0.4) is 0 Å². The lowest BCUT2D eigenvalue weighted by molar-refractivity contribution is 0.103. The second kappa shape index (κ2) is 5.49. The molecular weight excluding hydrogens is 366 g/mol. The Balaban J connectivity index is 2.56. The minimum absolute atomic E-state index is 0.113. The normalized spacial score (nSPS) is 14.6. The Labute approximate surface area is 146 Å². The van der Waals surface area contributed by atoms with E-state index in [1.807, 2.05) is 0 Å². The van der Waals surface area contributed by atoms with E-state index in [0.29, 0.717) is 10.8 Å². The molecule has 1 N–H and O–H groups in total. The third-order valence-corrected chi connectivity index (χ3v) is 7.78. The fourth-order valence-corrected chi connectivity index (χ4v) is 4.98. The first-order chi connectivity index (χ1) is 11.5. The van der Waals surface area contributed by atoms with E-state index in [1.165, 1.54) is 34.3 Å². The molecule has 0 aliphatic carbocycles. The average molecular weight is 383 g/mol. The molecule has 1 aliphatic heterocycles. The molecule has 0 spiro atoms. The summed E-state index contributed by atoms with van der Waals surface area (Å²) in [6, 6.07) is 5.77. The van der Waals surface area contributed by atoms with E-state index >= 15 is 0 Å². The molecule has 10 heteroatoms. The van der Waals surface area contributed by atoms with Crippen LogP contribution in [0.5, 0.6) is 0 Å². The molecule has 1 heterocycles. The van der Waals surface area contributed by atoms with E-state index in [-0.39, 0.29) is 21.0 Å². The number of benzene rings is 2. The summed E-state index contributed by atoms with van der Waals surface area (Å²) in [6.07, 6.45) is 0. The standard InChI is InChI=1S/C15H17N3O5S2/c1-17(2)24(20,21)11-8-12(25(22,23)18(3)4)14-13-9(11)6-5-7-10(13)15(19)16-14/h5-8H,1-4H3,(H,16,19). The van der Waals surface area contributed by atoms with Crippen LogP contribution in [0.15, 0.2) is 34.1 Å². The molecule has 0 aromatic heterocycles. The van der Waals surface area contributed by atoms with Crippen molar-refractivity contribution in [2.45, 2.75) is 9.79 Å². The van der Waals surface area contributed by atoms with Crippen molar-refractivity contribution in [2.24, 2.45) is 0 Å². The van der Waals surface area contributed by atoms with Crippen molar-refractivity contribution >= 4 is 42.4 Å². The highest BCUT2D eigenvalue weighted by atomic mass is 32.2. The maximum absolute atomic E-state index is 12.7. The average Bonchev–Trinajstić information content (AvgIpc) is 2.85. The van der Waals surface area contributed by atoms with Crippen LogP contribution in [0.1, 0.15) is 10.4 Å². The van der Waals surface area contributed by atoms with E-state index in [9.17, 15) is 21.6 Å². The minimum Gasteiger partial charge on any atom is -0.320 e. The molecule has 0 saturated heterocycles. The molecule has 0 saturated carbocycles. The molecule has 2 aromatic carbocycles. The van der Waals surface area contributed by atoms with Crippen LogP contribution in [0.2, 0.25) is 0 Å². The number of carbonyl (C=O) groups is 1. The Bertz CT molecular complexity index is 1120. The summed E-state index contributed by atoms with van der Waals surface area (Å²) in [7, 11) is -2.49. The number of sulfonamides is 2. The van der Waals surface area contributed by atoms with E-state index in [4.69, 9.17) is 0 Å². The van der Waals surface area contributed by atoms with Crippen molar-refractivity contribution in [1.29, 1.82) is 0 Å². The highest BCUT2D eigenvalue weighted by molar-refractivity contribution is 7.90. The smallest absolute Gasteiger partial charge is 0.256 e. The van der Waals surface area contributed by atoms with Crippen molar-refractivity contribution in [2.75, 3.05) is 33.5 Å². The molecule has 8 nitrogen and oxygen atoms in total. The van der Waals surface area contributed by atoms with Gasteiger partial charge in [0.05, 0.1) is 10.6 Å². The van der Waals surface area contributed by atoms with Crippen LogP contribution in [0.25, 0.3) is 10.8 Å². The number of amides is 1. The summed E-state index contributed by atoms with van der Waals surface area (Å²) in [6.45, 7) is 0. The van der Waals surface area contributed by atoms with Gasteiger partial charge < -0.3 is 5.32 Å². The summed E-state index contributed by atoms with van der Waals surface area (Å²) in [5.41, 5.74) is 0.362. The van der Waals surface area contributed by atoms with Crippen LogP contribution in [0, 0.1) is 0 Å². The van der Waals surface area contributed by atoms with E-state index in [1.54, 1.807) is 12.1 Å². The number of anilines is 1. The van der Waals surface area contributed by atoms with Crippen molar-refractivity contribution in [3.8, 4) is 0 Å². The van der Waals surface area contributed by atoms with E-state index < -0.39 is 26.0 Å². The summed E-state index contributed by atoms with van der Waals surface area (Å²) in [4.78, 5) is 11.8. The number of hydrogen-bond donors (Lipinski definition) is 1. The number of carbonyl (C=O) groups excluding carboxylic acids is 1. The monoisotopic (exact) mass is 383 g/mol. The first-order valence-corrected chi connectivity index (χ1v) is 10.1. The predicted molar refractivity (Wildman–Crippen MR) is 93.6 cm³/mol. The van der Waals surface area contributed by atoms with Crippen molar-refractivity contribution < 1.29 is 21.6 Å². The van der Waals surface area contributed by atoms with Crippen molar-refractivity contribution in [3.05, 3.63) is 29.8 Å². The molecule has 0 unspecified atom stereocenters. The lowest BCUT2D eigenvalue weighted by atomic mass is 10.1. The predicted octanol–water partition coefficient (Wildman–Crippen LogP) is 0.906. The van der Waals surface area contributed by atoms with Crippen LogP contribution >= 0.6 is 0 Å². The Morgan fingerprint density at radius 3 is 2.00 bits per heavy atom. The number of hydrogen-bond acceptors (Lipinski definition) is 5. The maximum atomic E-state index is 12.7. The van der Waals surface area contributed by atoms with Crippen LogP contribution in [0.4, 0.5) is 5.69 Å². The molecule has 0 fully saturated rings. The molecule has 25 heavy (non-hydrogen) atoms. The zero-order valence-corrected chi connectivity index (χ0v) is 15.7. The maximum Gasteiger partial charge on any atom is 0.256 e. The lowest BCUT2D eigenvalue weighted by Crippen LogP contribution is -2.25. The van der Waals surface area contributed by atoms with Gasteiger partial charge in [-0.1, -0.05) is 12.1 Å². The van der Waals surface area contributed by atoms with Gasteiger partial charge in [-0.2, -0.15) is 0 Å². The highest BCUT2D eigenvalue weighted by Crippen LogP contribution is 2.42. The number of nitrogens with zero attached hydrogens (tertiary/aromatic N) is 2. The number of rotatable bonds is 4. The second-order valence-corrected chi connectivity index (χ2v) is 10.2. The molecule has 3 rings (SSSR count). The highest BCUT2D eigenvalue weighted by Gasteiger charge is 2.34. The van der Waals surface area contributed by atoms with Crippen LogP contribution in [-0.4, -0.2) is 59.5 Å². The molecule has 1 amide bonds. The molecule has 0 atom stereocenters. The molecular formula is C15H17N3O5S2. The molecule has 1 aliphatic rings. The first-order valence-electron chi connectivity index (χ1n) is 7.25. The summed E-state index contributed by atoms with van der Waals surface area (Å²) in [5.74, 6) is -0.463. The summed E-state index contributed by atoms with van der Waals surface area (Å²) < 4.78 is 52.8. The zero-order valence-electron chi connectivity index (χ0n) is 14.1. The molecule has 134 valence electrons. The molecule has 0 radical (unpaired) electrons. The Morgan fingerprint density at radius 1 is 0.880 bits per heavy atom. The zero-order chi connectivity index (χ0) is 18.7. The van der Waals surface area contributed by atoms with Crippen molar-refractivity contribution in [3.63, 3.8) is 0 Å². The molecule has 0 bridgehead atoms. The first kappa shape index (κ1) is 17.8. The Kier molecular flexibility index (Phi) is 3.91. The third kappa shape index (κ3) is 2.44. The van der Waals surface area contributed by atoms with Gasteiger partial charge in [-0.3, -0.25) is 4.79 Å². The van der Waals surface area contributed by atoms with Gasteiger partial charge in [-0.25, -0.2) is 25.4 Å². The van der Waals surface area contributed by atoms with Gasteiger partial charge >= 0.3 is 0 Å². The largest absolute Gasteiger partial charge is 0.320 e.